The first-order valence-corrected chi connectivity index (χ1v) is 6.34. The summed E-state index contributed by atoms with van der Waals surface area (Å²) in [5.74, 6) is -1.45. The van der Waals surface area contributed by atoms with Crippen LogP contribution >= 0.6 is 0 Å². The van der Waals surface area contributed by atoms with Gasteiger partial charge in [0.15, 0.2) is 11.2 Å². The SMILES string of the molecule is CC(C#N)(C(=O)O)c1cccc(C(=O)c2ccccc2)c1. The van der Waals surface area contributed by atoms with Gasteiger partial charge in [0.05, 0.1) is 6.07 Å². The molecule has 2 rings (SSSR count). The monoisotopic (exact) mass is 279 g/mol. The molecule has 2 aromatic carbocycles. The van der Waals surface area contributed by atoms with E-state index in [4.69, 9.17) is 5.26 Å². The lowest BCUT2D eigenvalue weighted by Crippen LogP contribution is -2.30. The van der Waals surface area contributed by atoms with Gasteiger partial charge in [0, 0.05) is 11.1 Å². The van der Waals surface area contributed by atoms with Crippen LogP contribution in [0.4, 0.5) is 0 Å². The van der Waals surface area contributed by atoms with Gasteiger partial charge in [0.25, 0.3) is 0 Å². The minimum Gasteiger partial charge on any atom is -0.480 e. The summed E-state index contributed by atoms with van der Waals surface area (Å²) in [5.41, 5.74) is -0.503. The van der Waals surface area contributed by atoms with Crippen LogP contribution in [0, 0.1) is 11.3 Å². The van der Waals surface area contributed by atoms with E-state index in [2.05, 4.69) is 0 Å². The molecule has 0 aliphatic carbocycles. The molecule has 4 heteroatoms. The molecule has 1 unspecified atom stereocenters. The molecule has 0 aromatic heterocycles. The summed E-state index contributed by atoms with van der Waals surface area (Å²) < 4.78 is 0. The molecule has 0 spiro atoms. The van der Waals surface area contributed by atoms with Crippen LogP contribution in [0.5, 0.6) is 0 Å². The van der Waals surface area contributed by atoms with Crippen LogP contribution in [0.1, 0.15) is 28.4 Å². The minimum absolute atomic E-state index is 0.205. The van der Waals surface area contributed by atoms with E-state index in [1.165, 1.54) is 13.0 Å². The number of carboxylic acid groups (broad SMARTS) is 1. The summed E-state index contributed by atoms with van der Waals surface area (Å²) in [7, 11) is 0. The Labute approximate surface area is 122 Å². The fraction of sp³-hybridized carbons (Fsp3) is 0.118. The molecular weight excluding hydrogens is 266 g/mol. The van der Waals surface area contributed by atoms with Crippen LogP contribution in [-0.4, -0.2) is 16.9 Å². The number of hydrogen-bond acceptors (Lipinski definition) is 3. The predicted octanol–water partition coefficient (Wildman–Crippen LogP) is 2.78. The van der Waals surface area contributed by atoms with Crippen molar-refractivity contribution in [2.24, 2.45) is 0 Å². The highest BCUT2D eigenvalue weighted by atomic mass is 16.4. The zero-order chi connectivity index (χ0) is 15.5. The number of nitriles is 1. The number of nitrogens with zero attached hydrogens (tertiary/aromatic N) is 1. The Morgan fingerprint density at radius 2 is 1.67 bits per heavy atom. The Morgan fingerprint density at radius 1 is 1.05 bits per heavy atom. The van der Waals surface area contributed by atoms with Crippen molar-refractivity contribution in [1.82, 2.24) is 0 Å². The number of hydrogen-bond donors (Lipinski definition) is 1. The Kier molecular flexibility index (Phi) is 3.86. The Bertz CT molecular complexity index is 731. The molecule has 0 fully saturated rings. The van der Waals surface area contributed by atoms with E-state index in [1.807, 2.05) is 6.07 Å². The van der Waals surface area contributed by atoms with Gasteiger partial charge in [0.1, 0.15) is 0 Å². The van der Waals surface area contributed by atoms with Crippen molar-refractivity contribution in [2.75, 3.05) is 0 Å². The van der Waals surface area contributed by atoms with Crippen LogP contribution in [-0.2, 0) is 10.2 Å². The smallest absolute Gasteiger partial charge is 0.328 e. The Hall–Kier alpha value is -2.93. The number of benzene rings is 2. The van der Waals surface area contributed by atoms with Gasteiger partial charge in [-0.2, -0.15) is 5.26 Å². The zero-order valence-corrected chi connectivity index (χ0v) is 11.4. The summed E-state index contributed by atoms with van der Waals surface area (Å²) in [6.07, 6.45) is 0. The molecule has 0 bridgehead atoms. The highest BCUT2D eigenvalue weighted by Gasteiger charge is 2.35. The Balaban J connectivity index is 2.46. The maximum absolute atomic E-state index is 12.4. The molecule has 1 N–H and O–H groups in total. The first-order valence-electron chi connectivity index (χ1n) is 6.34. The summed E-state index contributed by atoms with van der Waals surface area (Å²) in [5, 5.41) is 18.4. The van der Waals surface area contributed by atoms with E-state index in [0.29, 0.717) is 16.7 Å². The van der Waals surface area contributed by atoms with Crippen LogP contribution in [0.15, 0.2) is 54.6 Å². The highest BCUT2D eigenvalue weighted by Crippen LogP contribution is 2.25. The molecule has 0 saturated heterocycles. The lowest BCUT2D eigenvalue weighted by molar-refractivity contribution is -0.141. The molecule has 0 aliphatic rings. The van der Waals surface area contributed by atoms with Crippen molar-refractivity contribution in [3.05, 3.63) is 71.3 Å². The summed E-state index contributed by atoms with van der Waals surface area (Å²) in [6.45, 7) is 1.32. The third-order valence-electron chi connectivity index (χ3n) is 3.39. The zero-order valence-electron chi connectivity index (χ0n) is 11.4. The van der Waals surface area contributed by atoms with Crippen LogP contribution < -0.4 is 0 Å². The third kappa shape index (κ3) is 2.67. The second-order valence-electron chi connectivity index (χ2n) is 4.82. The molecular formula is C17H13NO3. The van der Waals surface area contributed by atoms with Gasteiger partial charge in [0.2, 0.25) is 0 Å². The normalized spacial score (nSPS) is 13.0. The van der Waals surface area contributed by atoms with Crippen molar-refractivity contribution in [2.45, 2.75) is 12.3 Å². The van der Waals surface area contributed by atoms with Crippen LogP contribution in [0.25, 0.3) is 0 Å². The lowest BCUT2D eigenvalue weighted by atomic mass is 9.83. The van der Waals surface area contributed by atoms with Gasteiger partial charge in [-0.3, -0.25) is 9.59 Å². The van der Waals surface area contributed by atoms with E-state index in [1.54, 1.807) is 48.5 Å². The van der Waals surface area contributed by atoms with Gasteiger partial charge < -0.3 is 5.11 Å². The topological polar surface area (TPSA) is 78.2 Å². The van der Waals surface area contributed by atoms with Crippen molar-refractivity contribution < 1.29 is 14.7 Å². The van der Waals surface area contributed by atoms with Crippen molar-refractivity contribution in [1.29, 1.82) is 5.26 Å². The summed E-state index contributed by atoms with van der Waals surface area (Å²) in [4.78, 5) is 23.6. The quantitative estimate of drug-likeness (QED) is 0.873. The molecule has 2 aromatic rings. The van der Waals surface area contributed by atoms with E-state index >= 15 is 0 Å². The van der Waals surface area contributed by atoms with E-state index in [9.17, 15) is 14.7 Å². The molecule has 1 atom stereocenters. The summed E-state index contributed by atoms with van der Waals surface area (Å²) >= 11 is 0. The minimum atomic E-state index is -1.67. The molecule has 0 amide bonds. The maximum Gasteiger partial charge on any atom is 0.328 e. The first-order chi connectivity index (χ1) is 9.99. The fourth-order valence-electron chi connectivity index (χ4n) is 1.96. The Morgan fingerprint density at radius 3 is 2.24 bits per heavy atom. The van der Waals surface area contributed by atoms with E-state index < -0.39 is 11.4 Å². The number of ketones is 1. The standard InChI is InChI=1S/C17H13NO3/c1-17(11-18,16(20)21)14-9-5-8-13(10-14)15(19)12-6-3-2-4-7-12/h2-10H,1H3,(H,20,21). The largest absolute Gasteiger partial charge is 0.480 e. The predicted molar refractivity (Wildman–Crippen MR) is 76.9 cm³/mol. The lowest BCUT2D eigenvalue weighted by Gasteiger charge is -2.17. The average Bonchev–Trinajstić information content (AvgIpc) is 2.54. The van der Waals surface area contributed by atoms with E-state index in [0.717, 1.165) is 0 Å². The second-order valence-corrected chi connectivity index (χ2v) is 4.82. The molecule has 0 aliphatic heterocycles. The number of carbonyl (C=O) groups is 2. The maximum atomic E-state index is 12.4. The fourth-order valence-corrected chi connectivity index (χ4v) is 1.96. The number of rotatable bonds is 4. The van der Waals surface area contributed by atoms with Crippen LogP contribution in [0.3, 0.4) is 0 Å². The summed E-state index contributed by atoms with van der Waals surface area (Å²) in [6, 6.07) is 16.7. The molecule has 104 valence electrons. The molecule has 21 heavy (non-hydrogen) atoms. The van der Waals surface area contributed by atoms with Gasteiger partial charge in [-0.25, -0.2) is 0 Å². The van der Waals surface area contributed by atoms with Crippen molar-refractivity contribution >= 4 is 11.8 Å². The van der Waals surface area contributed by atoms with Crippen molar-refractivity contribution in [3.63, 3.8) is 0 Å². The number of aliphatic carboxylic acids is 1. The molecule has 0 heterocycles. The average molecular weight is 279 g/mol. The third-order valence-corrected chi connectivity index (χ3v) is 3.39. The number of carbonyl (C=O) groups excluding carboxylic acids is 1. The number of carboxylic acids is 1. The van der Waals surface area contributed by atoms with Crippen LogP contribution in [0.2, 0.25) is 0 Å². The van der Waals surface area contributed by atoms with Crippen molar-refractivity contribution in [3.8, 4) is 6.07 Å². The van der Waals surface area contributed by atoms with E-state index in [-0.39, 0.29) is 5.78 Å². The molecule has 4 nitrogen and oxygen atoms in total. The molecule has 0 saturated carbocycles. The van der Waals surface area contributed by atoms with Gasteiger partial charge in [-0.15, -0.1) is 0 Å². The van der Waals surface area contributed by atoms with Gasteiger partial charge in [-0.1, -0.05) is 48.5 Å². The van der Waals surface area contributed by atoms with Gasteiger partial charge in [-0.05, 0) is 18.6 Å². The second kappa shape index (κ2) is 5.59. The molecule has 0 radical (unpaired) electrons. The van der Waals surface area contributed by atoms with Gasteiger partial charge >= 0.3 is 5.97 Å². The first kappa shape index (κ1) is 14.5. The highest BCUT2D eigenvalue weighted by molar-refractivity contribution is 6.09.